The van der Waals surface area contributed by atoms with E-state index in [1.54, 1.807) is 30.5 Å². The van der Waals surface area contributed by atoms with Crippen LogP contribution in [0.3, 0.4) is 0 Å². The fourth-order valence-electron chi connectivity index (χ4n) is 3.82. The number of aromatic nitrogens is 1. The van der Waals surface area contributed by atoms with Crippen LogP contribution >= 0.6 is 0 Å². The van der Waals surface area contributed by atoms with Gasteiger partial charge in [0.2, 0.25) is 0 Å². The van der Waals surface area contributed by atoms with Crippen molar-refractivity contribution in [3.05, 3.63) is 114 Å². The van der Waals surface area contributed by atoms with Crippen LogP contribution in [0.25, 0.3) is 11.1 Å². The van der Waals surface area contributed by atoms with Gasteiger partial charge in [0.25, 0.3) is 5.91 Å². The quantitative estimate of drug-likeness (QED) is 0.303. The SMILES string of the molecule is Cc1cccc(C(=O)Nc2ccc(NCCc3ccccn3)cc2)c1-c1ccc(C(F)(F)F)cc1. The summed E-state index contributed by atoms with van der Waals surface area (Å²) in [7, 11) is 0. The van der Waals surface area contributed by atoms with Gasteiger partial charge in [-0.1, -0.05) is 30.3 Å². The number of halogens is 3. The first-order valence-corrected chi connectivity index (χ1v) is 11.1. The van der Waals surface area contributed by atoms with Gasteiger partial charge in [0.05, 0.1) is 5.56 Å². The van der Waals surface area contributed by atoms with Crippen LogP contribution in [0.5, 0.6) is 0 Å². The number of nitrogens with zero attached hydrogens (tertiary/aromatic N) is 1. The van der Waals surface area contributed by atoms with Gasteiger partial charge in [0.15, 0.2) is 0 Å². The average Bonchev–Trinajstić information content (AvgIpc) is 2.85. The molecular weight excluding hydrogens is 451 g/mol. The molecule has 35 heavy (non-hydrogen) atoms. The molecule has 0 aliphatic heterocycles. The maximum atomic E-state index is 13.1. The van der Waals surface area contributed by atoms with Crippen molar-refractivity contribution in [2.75, 3.05) is 17.2 Å². The number of rotatable bonds is 7. The molecule has 0 saturated carbocycles. The van der Waals surface area contributed by atoms with E-state index in [1.165, 1.54) is 12.1 Å². The summed E-state index contributed by atoms with van der Waals surface area (Å²) in [6.07, 6.45) is -1.85. The molecule has 0 aliphatic rings. The molecule has 3 aromatic carbocycles. The number of carbonyl (C=O) groups is 1. The molecule has 0 bridgehead atoms. The van der Waals surface area contributed by atoms with E-state index in [4.69, 9.17) is 0 Å². The minimum absolute atomic E-state index is 0.334. The predicted octanol–water partition coefficient (Wildman–Crippen LogP) is 6.98. The van der Waals surface area contributed by atoms with Gasteiger partial charge in [-0.25, -0.2) is 0 Å². The van der Waals surface area contributed by atoms with Crippen LogP contribution in [0.2, 0.25) is 0 Å². The highest BCUT2D eigenvalue weighted by Crippen LogP contribution is 2.33. The first-order valence-electron chi connectivity index (χ1n) is 11.1. The Labute approximate surface area is 201 Å². The number of amides is 1. The zero-order valence-electron chi connectivity index (χ0n) is 19.1. The molecule has 178 valence electrons. The van der Waals surface area contributed by atoms with Crippen LogP contribution in [0.4, 0.5) is 24.5 Å². The maximum Gasteiger partial charge on any atom is 0.416 e. The van der Waals surface area contributed by atoms with E-state index in [9.17, 15) is 18.0 Å². The Balaban J connectivity index is 1.45. The van der Waals surface area contributed by atoms with E-state index in [0.29, 0.717) is 22.4 Å². The predicted molar refractivity (Wildman–Crippen MR) is 132 cm³/mol. The molecule has 7 heteroatoms. The van der Waals surface area contributed by atoms with Crippen molar-refractivity contribution >= 4 is 17.3 Å². The van der Waals surface area contributed by atoms with E-state index in [0.717, 1.165) is 42.0 Å². The first-order chi connectivity index (χ1) is 16.8. The zero-order chi connectivity index (χ0) is 24.8. The van der Waals surface area contributed by atoms with Crippen LogP contribution in [-0.4, -0.2) is 17.4 Å². The van der Waals surface area contributed by atoms with E-state index in [-0.39, 0.29) is 5.91 Å². The molecule has 0 atom stereocenters. The van der Waals surface area contributed by atoms with Crippen molar-refractivity contribution in [3.63, 3.8) is 0 Å². The Morgan fingerprint density at radius 2 is 1.57 bits per heavy atom. The molecule has 4 nitrogen and oxygen atoms in total. The second-order valence-corrected chi connectivity index (χ2v) is 8.10. The molecule has 0 unspecified atom stereocenters. The molecule has 0 saturated heterocycles. The van der Waals surface area contributed by atoms with Gasteiger partial charge < -0.3 is 10.6 Å². The van der Waals surface area contributed by atoms with Crippen LogP contribution in [-0.2, 0) is 12.6 Å². The average molecular weight is 476 g/mol. The Bertz CT molecular complexity index is 1290. The standard InChI is InChI=1S/C28H24F3N3O/c1-19-5-4-7-25(26(19)20-8-10-21(11-9-20)28(29,30)31)27(35)34-24-14-12-23(13-15-24)33-18-16-22-6-2-3-17-32-22/h2-15,17,33H,16,18H2,1H3,(H,34,35). The summed E-state index contributed by atoms with van der Waals surface area (Å²) < 4.78 is 38.9. The minimum atomic E-state index is -4.41. The maximum absolute atomic E-state index is 13.1. The van der Waals surface area contributed by atoms with Crippen LogP contribution in [0, 0.1) is 6.92 Å². The topological polar surface area (TPSA) is 54.0 Å². The number of aryl methyl sites for hydroxylation is 1. The minimum Gasteiger partial charge on any atom is -0.385 e. The van der Waals surface area contributed by atoms with E-state index in [2.05, 4.69) is 15.6 Å². The van der Waals surface area contributed by atoms with Gasteiger partial charge in [-0.15, -0.1) is 0 Å². The van der Waals surface area contributed by atoms with Gasteiger partial charge in [-0.2, -0.15) is 13.2 Å². The van der Waals surface area contributed by atoms with E-state index in [1.807, 2.05) is 43.3 Å². The number of hydrogen-bond acceptors (Lipinski definition) is 3. The van der Waals surface area contributed by atoms with E-state index < -0.39 is 11.7 Å². The second kappa shape index (κ2) is 10.4. The smallest absolute Gasteiger partial charge is 0.385 e. The highest BCUT2D eigenvalue weighted by Gasteiger charge is 2.30. The molecule has 4 rings (SSSR count). The number of nitrogens with one attached hydrogen (secondary N) is 2. The Morgan fingerprint density at radius 3 is 2.23 bits per heavy atom. The summed E-state index contributed by atoms with van der Waals surface area (Å²) in [5.41, 5.74) is 4.15. The largest absolute Gasteiger partial charge is 0.416 e. The molecule has 0 spiro atoms. The first kappa shape index (κ1) is 24.0. The van der Waals surface area contributed by atoms with Crippen LogP contribution in [0.1, 0.15) is 27.2 Å². The lowest BCUT2D eigenvalue weighted by Gasteiger charge is -2.15. The molecule has 0 aliphatic carbocycles. The van der Waals surface area contributed by atoms with Crippen molar-refractivity contribution in [1.29, 1.82) is 0 Å². The van der Waals surface area contributed by atoms with Gasteiger partial charge in [-0.05, 0) is 78.2 Å². The molecule has 4 aromatic rings. The Kier molecular flexibility index (Phi) is 7.15. The summed E-state index contributed by atoms with van der Waals surface area (Å²) in [5, 5.41) is 6.21. The summed E-state index contributed by atoms with van der Waals surface area (Å²) in [6.45, 7) is 2.55. The van der Waals surface area contributed by atoms with Crippen molar-refractivity contribution in [2.45, 2.75) is 19.5 Å². The third-order valence-electron chi connectivity index (χ3n) is 5.60. The summed E-state index contributed by atoms with van der Waals surface area (Å²) in [4.78, 5) is 17.4. The van der Waals surface area contributed by atoms with Gasteiger partial charge in [0.1, 0.15) is 0 Å². The van der Waals surface area contributed by atoms with Crippen molar-refractivity contribution < 1.29 is 18.0 Å². The van der Waals surface area contributed by atoms with Gasteiger partial charge >= 0.3 is 6.18 Å². The fourth-order valence-corrected chi connectivity index (χ4v) is 3.82. The summed E-state index contributed by atoms with van der Waals surface area (Å²) in [5.74, 6) is -0.334. The number of benzene rings is 3. The number of carbonyl (C=O) groups excluding carboxylic acids is 1. The number of anilines is 2. The Morgan fingerprint density at radius 1 is 0.857 bits per heavy atom. The third-order valence-corrected chi connectivity index (χ3v) is 5.60. The fraction of sp³-hybridized carbons (Fsp3) is 0.143. The lowest BCUT2D eigenvalue weighted by molar-refractivity contribution is -0.137. The second-order valence-electron chi connectivity index (χ2n) is 8.10. The van der Waals surface area contributed by atoms with Crippen molar-refractivity contribution in [3.8, 4) is 11.1 Å². The zero-order valence-corrected chi connectivity index (χ0v) is 19.1. The van der Waals surface area contributed by atoms with Crippen LogP contribution < -0.4 is 10.6 Å². The van der Waals surface area contributed by atoms with Crippen LogP contribution in [0.15, 0.2) is 91.1 Å². The number of pyridine rings is 1. The Hall–Kier alpha value is -4.13. The summed E-state index contributed by atoms with van der Waals surface area (Å²) in [6, 6.07) is 23.3. The number of hydrogen-bond donors (Lipinski definition) is 2. The lowest BCUT2D eigenvalue weighted by atomic mass is 9.94. The number of alkyl halides is 3. The molecular formula is C28H24F3N3O. The van der Waals surface area contributed by atoms with Gasteiger partial charge in [0, 0.05) is 41.8 Å². The highest BCUT2D eigenvalue weighted by atomic mass is 19.4. The normalized spacial score (nSPS) is 11.2. The molecule has 1 aromatic heterocycles. The molecule has 2 N–H and O–H groups in total. The highest BCUT2D eigenvalue weighted by molar-refractivity contribution is 6.09. The van der Waals surface area contributed by atoms with Crippen molar-refractivity contribution in [2.24, 2.45) is 0 Å². The molecule has 0 radical (unpaired) electrons. The third kappa shape index (κ3) is 6.06. The molecule has 1 amide bonds. The van der Waals surface area contributed by atoms with Crippen molar-refractivity contribution in [1.82, 2.24) is 4.98 Å². The molecule has 1 heterocycles. The summed E-state index contributed by atoms with van der Waals surface area (Å²) >= 11 is 0. The van der Waals surface area contributed by atoms with E-state index >= 15 is 0 Å². The lowest BCUT2D eigenvalue weighted by Crippen LogP contribution is -2.14. The monoisotopic (exact) mass is 475 g/mol. The van der Waals surface area contributed by atoms with Gasteiger partial charge in [-0.3, -0.25) is 9.78 Å². The molecule has 0 fully saturated rings.